The van der Waals surface area contributed by atoms with Gasteiger partial charge in [-0.2, -0.15) is 5.10 Å². The largest absolute Gasteiger partial charge is 0.497 e. The fraction of sp³-hybridized carbons (Fsp3) is 0.217. The molecule has 0 atom stereocenters. The number of benzene rings is 3. The maximum atomic E-state index is 12.6. The number of carbonyl (C=O) groups is 1. The van der Waals surface area contributed by atoms with E-state index < -0.39 is 0 Å². The number of hydrogen-bond acceptors (Lipinski definition) is 5. The quantitative estimate of drug-likeness (QED) is 0.455. The highest BCUT2D eigenvalue weighted by molar-refractivity contribution is 6.03. The van der Waals surface area contributed by atoms with Gasteiger partial charge in [0, 0.05) is 11.6 Å². The van der Waals surface area contributed by atoms with E-state index in [4.69, 9.17) is 14.2 Å². The SMILES string of the molecule is CCCOc1ccc2ccccc2c1/C=N\NC(=O)c1ccc(OC)cc1OC. The molecule has 0 radical (unpaired) electrons. The van der Waals surface area contributed by atoms with Crippen LogP contribution < -0.4 is 19.6 Å². The molecule has 1 amide bonds. The van der Waals surface area contributed by atoms with Crippen molar-refractivity contribution in [3.05, 3.63) is 65.7 Å². The van der Waals surface area contributed by atoms with Gasteiger partial charge in [0.1, 0.15) is 17.2 Å². The highest BCUT2D eigenvalue weighted by Gasteiger charge is 2.13. The molecular formula is C23H24N2O4. The number of nitrogens with zero attached hydrogens (tertiary/aromatic N) is 1. The van der Waals surface area contributed by atoms with Gasteiger partial charge >= 0.3 is 0 Å². The second-order valence-corrected chi connectivity index (χ2v) is 6.31. The van der Waals surface area contributed by atoms with Crippen LogP contribution in [0.25, 0.3) is 10.8 Å². The third-order valence-electron chi connectivity index (χ3n) is 4.41. The first kappa shape index (κ1) is 20.2. The number of methoxy groups -OCH3 is 2. The van der Waals surface area contributed by atoms with Crippen molar-refractivity contribution in [1.29, 1.82) is 0 Å². The molecule has 0 saturated heterocycles. The zero-order valence-corrected chi connectivity index (χ0v) is 16.8. The zero-order chi connectivity index (χ0) is 20.6. The maximum Gasteiger partial charge on any atom is 0.275 e. The number of hydrazone groups is 1. The molecule has 3 aromatic rings. The average molecular weight is 392 g/mol. The Hall–Kier alpha value is -3.54. The Morgan fingerprint density at radius 2 is 1.86 bits per heavy atom. The minimum absolute atomic E-state index is 0.367. The van der Waals surface area contributed by atoms with E-state index in [0.717, 1.165) is 28.5 Å². The number of amides is 1. The maximum absolute atomic E-state index is 12.6. The van der Waals surface area contributed by atoms with Crippen LogP contribution in [0.3, 0.4) is 0 Å². The van der Waals surface area contributed by atoms with Gasteiger partial charge in [-0.15, -0.1) is 0 Å². The number of nitrogens with one attached hydrogen (secondary N) is 1. The van der Waals surface area contributed by atoms with E-state index >= 15 is 0 Å². The fourth-order valence-electron chi connectivity index (χ4n) is 2.95. The topological polar surface area (TPSA) is 69.2 Å². The minimum Gasteiger partial charge on any atom is -0.497 e. The molecule has 150 valence electrons. The van der Waals surface area contributed by atoms with Gasteiger partial charge in [-0.1, -0.05) is 37.3 Å². The molecule has 0 spiro atoms. The van der Waals surface area contributed by atoms with Crippen LogP contribution in [0.4, 0.5) is 0 Å². The lowest BCUT2D eigenvalue weighted by Gasteiger charge is -2.11. The summed E-state index contributed by atoms with van der Waals surface area (Å²) < 4.78 is 16.3. The lowest BCUT2D eigenvalue weighted by Crippen LogP contribution is -2.18. The molecule has 0 bridgehead atoms. The van der Waals surface area contributed by atoms with Crippen LogP contribution in [0.5, 0.6) is 17.2 Å². The predicted octanol–water partition coefficient (Wildman–Crippen LogP) is 4.41. The van der Waals surface area contributed by atoms with Gasteiger partial charge in [0.25, 0.3) is 5.91 Å². The van der Waals surface area contributed by atoms with Gasteiger partial charge < -0.3 is 14.2 Å². The molecule has 6 nitrogen and oxygen atoms in total. The summed E-state index contributed by atoms with van der Waals surface area (Å²) in [4.78, 5) is 12.6. The molecular weight excluding hydrogens is 368 g/mol. The smallest absolute Gasteiger partial charge is 0.275 e. The summed E-state index contributed by atoms with van der Waals surface area (Å²) in [6, 6.07) is 16.9. The Labute approximate surface area is 170 Å². The van der Waals surface area contributed by atoms with Crippen molar-refractivity contribution in [2.24, 2.45) is 5.10 Å². The summed E-state index contributed by atoms with van der Waals surface area (Å²) in [6.45, 7) is 2.66. The Kier molecular flexibility index (Phi) is 6.68. The number of hydrogen-bond donors (Lipinski definition) is 1. The summed E-state index contributed by atoms with van der Waals surface area (Å²) in [5.41, 5.74) is 3.75. The monoisotopic (exact) mass is 392 g/mol. The van der Waals surface area contributed by atoms with Gasteiger partial charge in [-0.05, 0) is 35.4 Å². The molecule has 0 unspecified atom stereocenters. The first-order valence-electron chi connectivity index (χ1n) is 9.38. The first-order valence-corrected chi connectivity index (χ1v) is 9.38. The van der Waals surface area contributed by atoms with Gasteiger partial charge in [-0.3, -0.25) is 4.79 Å². The molecule has 0 fully saturated rings. The molecule has 1 N–H and O–H groups in total. The van der Waals surface area contributed by atoms with Crippen molar-refractivity contribution in [2.75, 3.05) is 20.8 Å². The van der Waals surface area contributed by atoms with Gasteiger partial charge in [0.05, 0.1) is 32.6 Å². The number of rotatable bonds is 8. The summed E-state index contributed by atoms with van der Waals surface area (Å²) in [5, 5.41) is 6.23. The third kappa shape index (κ3) is 4.66. The van der Waals surface area contributed by atoms with Crippen LogP contribution >= 0.6 is 0 Å². The predicted molar refractivity (Wildman–Crippen MR) is 114 cm³/mol. The third-order valence-corrected chi connectivity index (χ3v) is 4.41. The minimum atomic E-state index is -0.378. The molecule has 29 heavy (non-hydrogen) atoms. The van der Waals surface area contributed by atoms with E-state index in [1.165, 1.54) is 7.11 Å². The average Bonchev–Trinajstić information content (AvgIpc) is 2.77. The molecule has 0 aliphatic carbocycles. The molecule has 3 rings (SSSR count). The lowest BCUT2D eigenvalue weighted by atomic mass is 10.0. The Balaban J connectivity index is 1.86. The van der Waals surface area contributed by atoms with Crippen LogP contribution in [-0.4, -0.2) is 32.9 Å². The molecule has 0 aromatic heterocycles. The van der Waals surface area contributed by atoms with Crippen LogP contribution in [0.1, 0.15) is 29.3 Å². The van der Waals surface area contributed by atoms with Crippen molar-refractivity contribution < 1.29 is 19.0 Å². The highest BCUT2D eigenvalue weighted by Crippen LogP contribution is 2.27. The molecule has 3 aromatic carbocycles. The highest BCUT2D eigenvalue weighted by atomic mass is 16.5. The number of ether oxygens (including phenoxy) is 3. The molecule has 0 aliphatic rings. The van der Waals surface area contributed by atoms with Crippen LogP contribution in [0.2, 0.25) is 0 Å². The van der Waals surface area contributed by atoms with Crippen LogP contribution in [0, 0.1) is 0 Å². The van der Waals surface area contributed by atoms with Gasteiger partial charge in [0.2, 0.25) is 0 Å². The molecule has 0 heterocycles. The Morgan fingerprint density at radius 1 is 1.03 bits per heavy atom. The fourth-order valence-corrected chi connectivity index (χ4v) is 2.95. The normalized spacial score (nSPS) is 10.9. The van der Waals surface area contributed by atoms with Gasteiger partial charge in [0.15, 0.2) is 0 Å². The van der Waals surface area contributed by atoms with Crippen LogP contribution in [-0.2, 0) is 0 Å². The second kappa shape index (κ2) is 9.59. The van der Waals surface area contributed by atoms with E-state index in [0.29, 0.717) is 23.7 Å². The number of fused-ring (bicyclic) bond motifs is 1. The Morgan fingerprint density at radius 3 is 2.62 bits per heavy atom. The summed E-state index contributed by atoms with van der Waals surface area (Å²) >= 11 is 0. The van der Waals surface area contributed by atoms with E-state index in [1.807, 2.05) is 36.4 Å². The van der Waals surface area contributed by atoms with E-state index in [9.17, 15) is 4.79 Å². The summed E-state index contributed by atoms with van der Waals surface area (Å²) in [7, 11) is 3.06. The van der Waals surface area contributed by atoms with E-state index in [1.54, 1.807) is 31.5 Å². The lowest BCUT2D eigenvalue weighted by molar-refractivity contribution is 0.0952. The number of carbonyl (C=O) groups excluding carboxylic acids is 1. The first-order chi connectivity index (χ1) is 14.2. The van der Waals surface area contributed by atoms with Crippen molar-refractivity contribution in [2.45, 2.75) is 13.3 Å². The Bertz CT molecular complexity index is 1030. The van der Waals surface area contributed by atoms with Crippen molar-refractivity contribution in [1.82, 2.24) is 5.43 Å². The van der Waals surface area contributed by atoms with Crippen molar-refractivity contribution >= 4 is 22.9 Å². The van der Waals surface area contributed by atoms with Gasteiger partial charge in [-0.25, -0.2) is 5.43 Å². The standard InChI is InChI=1S/C23H24N2O4/c1-4-13-29-21-12-9-16-7-5-6-8-18(16)20(21)15-24-25-23(26)19-11-10-17(27-2)14-22(19)28-3/h5-12,14-15H,4,13H2,1-3H3,(H,25,26)/b24-15-. The van der Waals surface area contributed by atoms with E-state index in [2.05, 4.69) is 17.5 Å². The zero-order valence-electron chi connectivity index (χ0n) is 16.8. The van der Waals surface area contributed by atoms with Crippen LogP contribution in [0.15, 0.2) is 59.7 Å². The molecule has 0 saturated carbocycles. The second-order valence-electron chi connectivity index (χ2n) is 6.31. The van der Waals surface area contributed by atoms with Crippen molar-refractivity contribution in [3.8, 4) is 17.2 Å². The molecule has 6 heteroatoms. The van der Waals surface area contributed by atoms with E-state index in [-0.39, 0.29) is 5.91 Å². The molecule has 0 aliphatic heterocycles. The summed E-state index contributed by atoms with van der Waals surface area (Å²) in [6.07, 6.45) is 2.51. The van der Waals surface area contributed by atoms with Crippen molar-refractivity contribution in [3.63, 3.8) is 0 Å². The summed E-state index contributed by atoms with van der Waals surface area (Å²) in [5.74, 6) is 1.37.